The number of hydrogen-bond acceptors (Lipinski definition) is 7. The summed E-state index contributed by atoms with van der Waals surface area (Å²) >= 11 is 0. The molecule has 10 heteroatoms. The molecule has 3 aliphatic rings. The zero-order valence-electron chi connectivity index (χ0n) is 25.0. The Hall–Kier alpha value is -3.44. The molecule has 1 amide bonds. The molecule has 2 saturated heterocycles. The number of piperazine rings is 1. The number of fused-ring (bicyclic) bond motifs is 1. The van der Waals surface area contributed by atoms with Gasteiger partial charge in [-0.15, -0.1) is 0 Å². The number of nitrogens with one attached hydrogen (secondary N) is 1. The second kappa shape index (κ2) is 13.9. The lowest BCUT2D eigenvalue weighted by Crippen LogP contribution is -2.45. The van der Waals surface area contributed by atoms with Crippen molar-refractivity contribution in [3.8, 4) is 0 Å². The van der Waals surface area contributed by atoms with Crippen molar-refractivity contribution in [3.05, 3.63) is 89.0 Å². The van der Waals surface area contributed by atoms with Crippen LogP contribution in [0.2, 0.25) is 0 Å². The Bertz CT molecular complexity index is 1480. The van der Waals surface area contributed by atoms with Crippen molar-refractivity contribution < 1.29 is 22.5 Å². The van der Waals surface area contributed by atoms with Gasteiger partial charge >= 0.3 is 0 Å². The number of carbonyl (C=O) groups excluding carboxylic acids is 1. The van der Waals surface area contributed by atoms with E-state index in [-0.39, 0.29) is 16.8 Å². The van der Waals surface area contributed by atoms with Crippen molar-refractivity contribution in [1.29, 1.82) is 0 Å². The molecule has 2 fully saturated rings. The molecule has 0 radical (unpaired) electrons. The van der Waals surface area contributed by atoms with Crippen LogP contribution >= 0.6 is 0 Å². The van der Waals surface area contributed by atoms with E-state index in [1.54, 1.807) is 18.2 Å². The molecule has 0 saturated carbocycles. The van der Waals surface area contributed by atoms with Gasteiger partial charge in [0.1, 0.15) is 0 Å². The summed E-state index contributed by atoms with van der Waals surface area (Å²) in [6.45, 7) is 9.90. The molecule has 1 unspecified atom stereocenters. The number of benzene rings is 3. The maximum absolute atomic E-state index is 13.0. The molecule has 0 bridgehead atoms. The minimum Gasteiger partial charge on any atom is -0.378 e. The van der Waals surface area contributed by atoms with Gasteiger partial charge in [-0.3, -0.25) is 9.35 Å². The lowest BCUT2D eigenvalue weighted by molar-refractivity contribution is 0.0933. The molecule has 230 valence electrons. The van der Waals surface area contributed by atoms with Gasteiger partial charge in [-0.1, -0.05) is 24.3 Å². The molecule has 1 atom stereocenters. The summed E-state index contributed by atoms with van der Waals surface area (Å²) < 4.78 is 34.7. The van der Waals surface area contributed by atoms with Crippen LogP contribution in [0.25, 0.3) is 0 Å². The van der Waals surface area contributed by atoms with Crippen LogP contribution in [0.1, 0.15) is 33.5 Å². The Balaban J connectivity index is 0.000000314. The molecule has 9 nitrogen and oxygen atoms in total. The van der Waals surface area contributed by atoms with E-state index in [0.717, 1.165) is 83.0 Å². The molecule has 1 aliphatic carbocycles. The summed E-state index contributed by atoms with van der Waals surface area (Å²) in [5, 5.41) is 3.33. The van der Waals surface area contributed by atoms with E-state index in [4.69, 9.17) is 9.29 Å². The highest BCUT2D eigenvalue weighted by Gasteiger charge is 2.27. The zero-order chi connectivity index (χ0) is 30.4. The SMILES string of the molecule is Cc1ccc(N2CCN(C)CC2)c2c1CCC(NC(=O)c1ccc(N3CCOCC3)cc1)C2.O=S(=O)(O)c1ccccc1. The summed E-state index contributed by atoms with van der Waals surface area (Å²) in [5.41, 5.74) is 7.59. The Kier molecular flexibility index (Phi) is 10.0. The molecule has 2 aliphatic heterocycles. The number of aryl methyl sites for hydroxylation is 1. The van der Waals surface area contributed by atoms with Crippen LogP contribution in [0, 0.1) is 6.92 Å². The lowest BCUT2D eigenvalue weighted by Gasteiger charge is -2.37. The predicted molar refractivity (Wildman–Crippen MR) is 170 cm³/mol. The first-order valence-corrected chi connectivity index (χ1v) is 16.4. The van der Waals surface area contributed by atoms with Gasteiger partial charge in [-0.25, -0.2) is 0 Å². The third-order valence-corrected chi connectivity index (χ3v) is 9.43. The Morgan fingerprint density at radius 1 is 0.860 bits per heavy atom. The highest BCUT2D eigenvalue weighted by atomic mass is 32.2. The maximum atomic E-state index is 13.0. The smallest absolute Gasteiger partial charge is 0.294 e. The largest absolute Gasteiger partial charge is 0.378 e. The van der Waals surface area contributed by atoms with Gasteiger partial charge in [0.05, 0.1) is 18.1 Å². The fourth-order valence-corrected chi connectivity index (χ4v) is 6.51. The van der Waals surface area contributed by atoms with E-state index in [1.807, 2.05) is 12.1 Å². The van der Waals surface area contributed by atoms with Gasteiger partial charge in [-0.2, -0.15) is 8.42 Å². The number of morpholine rings is 1. The molecule has 2 N–H and O–H groups in total. The van der Waals surface area contributed by atoms with Crippen LogP contribution in [0.4, 0.5) is 11.4 Å². The molecule has 3 aromatic carbocycles. The van der Waals surface area contributed by atoms with Gasteiger partial charge in [0, 0.05) is 62.2 Å². The third kappa shape index (κ3) is 7.94. The van der Waals surface area contributed by atoms with Crippen LogP contribution in [0.3, 0.4) is 0 Å². The highest BCUT2D eigenvalue weighted by Crippen LogP contribution is 2.33. The number of nitrogens with zero attached hydrogens (tertiary/aromatic N) is 3. The number of hydrogen-bond donors (Lipinski definition) is 2. The first-order chi connectivity index (χ1) is 20.7. The lowest BCUT2D eigenvalue weighted by atomic mass is 9.84. The van der Waals surface area contributed by atoms with Crippen LogP contribution in [0.5, 0.6) is 0 Å². The van der Waals surface area contributed by atoms with Crippen molar-refractivity contribution >= 4 is 27.4 Å². The van der Waals surface area contributed by atoms with E-state index in [1.165, 1.54) is 34.5 Å². The van der Waals surface area contributed by atoms with E-state index in [2.05, 4.69) is 58.3 Å². The molecule has 2 heterocycles. The van der Waals surface area contributed by atoms with Crippen LogP contribution < -0.4 is 15.1 Å². The number of carbonyl (C=O) groups is 1. The van der Waals surface area contributed by atoms with Gasteiger partial charge < -0.3 is 24.8 Å². The molecule has 43 heavy (non-hydrogen) atoms. The normalized spacial score (nSPS) is 19.2. The van der Waals surface area contributed by atoms with Crippen LogP contribution in [-0.2, 0) is 27.7 Å². The molecular weight excluding hydrogens is 564 g/mol. The average Bonchev–Trinajstić information content (AvgIpc) is 3.03. The zero-order valence-corrected chi connectivity index (χ0v) is 25.9. The third-order valence-electron chi connectivity index (χ3n) is 8.56. The quantitative estimate of drug-likeness (QED) is 0.423. The Labute approximate surface area is 255 Å². The molecule has 6 rings (SSSR count). The minimum absolute atomic E-state index is 0.0331. The standard InChI is InChI=1S/C27H36N4O2.C6H6O3S/c1-20-3-10-26(31-13-11-29(2)12-14-31)25-19-22(6-9-24(20)25)28-27(32)21-4-7-23(8-5-21)30-15-17-33-18-16-30;7-10(8,9)6-4-2-1-3-5-6/h3-5,7-8,10,22H,6,9,11-19H2,1-2H3,(H,28,32);1-5H,(H,7,8,9). The van der Waals surface area contributed by atoms with Gasteiger partial charge in [0.15, 0.2) is 0 Å². The molecule has 0 aromatic heterocycles. The number of rotatable bonds is 5. The molecule has 3 aromatic rings. The fraction of sp³-hybridized carbons (Fsp3) is 0.424. The summed E-state index contributed by atoms with van der Waals surface area (Å²) in [6, 6.07) is 20.2. The van der Waals surface area contributed by atoms with E-state index >= 15 is 0 Å². The number of amides is 1. The summed E-state index contributed by atoms with van der Waals surface area (Å²) in [7, 11) is -1.81. The van der Waals surface area contributed by atoms with Crippen LogP contribution in [-0.4, -0.2) is 89.3 Å². The summed E-state index contributed by atoms with van der Waals surface area (Å²) in [4.78, 5) is 20.2. The Morgan fingerprint density at radius 3 is 2.16 bits per heavy atom. The van der Waals surface area contributed by atoms with Crippen molar-refractivity contribution in [2.45, 2.75) is 37.1 Å². The van der Waals surface area contributed by atoms with Crippen molar-refractivity contribution in [2.24, 2.45) is 0 Å². The van der Waals surface area contributed by atoms with Crippen molar-refractivity contribution in [2.75, 3.05) is 69.3 Å². The van der Waals surface area contributed by atoms with Crippen molar-refractivity contribution in [3.63, 3.8) is 0 Å². The fourth-order valence-electron chi connectivity index (χ4n) is 6.01. The number of anilines is 2. The summed E-state index contributed by atoms with van der Waals surface area (Å²) in [6.07, 6.45) is 2.94. The minimum atomic E-state index is -4.00. The monoisotopic (exact) mass is 606 g/mol. The van der Waals surface area contributed by atoms with Crippen LogP contribution in [0.15, 0.2) is 71.6 Å². The van der Waals surface area contributed by atoms with E-state index in [9.17, 15) is 13.2 Å². The average molecular weight is 607 g/mol. The molecular formula is C33H42N4O5S. The maximum Gasteiger partial charge on any atom is 0.294 e. The van der Waals surface area contributed by atoms with Gasteiger partial charge in [0.2, 0.25) is 0 Å². The Morgan fingerprint density at radius 2 is 1.53 bits per heavy atom. The number of ether oxygens (including phenoxy) is 1. The number of likely N-dealkylation sites (N-methyl/N-ethyl adjacent to an activating group) is 1. The summed E-state index contributed by atoms with van der Waals surface area (Å²) in [5.74, 6) is 0.0331. The van der Waals surface area contributed by atoms with Gasteiger partial charge in [0.25, 0.3) is 16.0 Å². The predicted octanol–water partition coefficient (Wildman–Crippen LogP) is 3.80. The van der Waals surface area contributed by atoms with E-state index < -0.39 is 10.1 Å². The second-order valence-corrected chi connectivity index (χ2v) is 12.9. The second-order valence-electron chi connectivity index (χ2n) is 11.5. The van der Waals surface area contributed by atoms with Gasteiger partial charge in [-0.05, 0) is 92.4 Å². The van der Waals surface area contributed by atoms with E-state index in [0.29, 0.717) is 0 Å². The first-order valence-electron chi connectivity index (χ1n) is 15.0. The highest BCUT2D eigenvalue weighted by molar-refractivity contribution is 7.85. The first kappa shape index (κ1) is 31.0. The topological polar surface area (TPSA) is 102 Å². The van der Waals surface area contributed by atoms with Crippen molar-refractivity contribution in [1.82, 2.24) is 10.2 Å². The molecule has 0 spiro atoms.